The van der Waals surface area contributed by atoms with E-state index in [1.54, 1.807) is 30.3 Å². The number of esters is 2. The molecule has 10 nitrogen and oxygen atoms in total. The summed E-state index contributed by atoms with van der Waals surface area (Å²) in [6.45, 7) is 0. The fourth-order valence-corrected chi connectivity index (χ4v) is 4.26. The van der Waals surface area contributed by atoms with Crippen molar-refractivity contribution in [3.63, 3.8) is 0 Å². The first-order valence-electron chi connectivity index (χ1n) is 9.86. The van der Waals surface area contributed by atoms with Crippen molar-refractivity contribution in [3.8, 4) is 6.07 Å². The highest BCUT2D eigenvalue weighted by atomic mass is 32.2. The fraction of sp³-hybridized carbons (Fsp3) is 0.174. The molecule has 1 aliphatic heterocycles. The van der Waals surface area contributed by atoms with E-state index < -0.39 is 27.9 Å². The van der Waals surface area contributed by atoms with Gasteiger partial charge in [0, 0.05) is 5.69 Å². The van der Waals surface area contributed by atoms with Gasteiger partial charge in [-0.05, 0) is 23.8 Å². The second-order valence-electron chi connectivity index (χ2n) is 7.26. The van der Waals surface area contributed by atoms with E-state index in [9.17, 15) is 23.3 Å². The number of nitrogens with zero attached hydrogens (tertiary/aromatic N) is 2. The minimum absolute atomic E-state index is 0.000674. The smallest absolute Gasteiger partial charge is 0.355 e. The van der Waals surface area contributed by atoms with Crippen molar-refractivity contribution in [2.45, 2.75) is 5.92 Å². The van der Waals surface area contributed by atoms with Gasteiger partial charge >= 0.3 is 11.9 Å². The number of nitrogens with two attached hydrogens (primary N) is 1. The Morgan fingerprint density at radius 3 is 2.26 bits per heavy atom. The van der Waals surface area contributed by atoms with Gasteiger partial charge < -0.3 is 15.2 Å². The molecule has 2 aromatic rings. The Labute approximate surface area is 196 Å². The highest BCUT2D eigenvalue weighted by molar-refractivity contribution is 7.92. The number of nitriles is 1. The minimum atomic E-state index is -3.60. The highest BCUT2D eigenvalue weighted by Gasteiger charge is 2.43. The van der Waals surface area contributed by atoms with Gasteiger partial charge in [0.1, 0.15) is 11.5 Å². The van der Waals surface area contributed by atoms with Gasteiger partial charge in [-0.2, -0.15) is 5.26 Å². The molecular formula is C23H22N4O6S. The van der Waals surface area contributed by atoms with Crippen LogP contribution in [0.25, 0.3) is 0 Å². The summed E-state index contributed by atoms with van der Waals surface area (Å²) in [6.07, 6.45) is 0.988. The number of allylic oxidation sites excluding steroid dienone is 1. The third kappa shape index (κ3) is 4.72. The summed E-state index contributed by atoms with van der Waals surface area (Å²) in [5.74, 6) is -2.88. The summed E-state index contributed by atoms with van der Waals surface area (Å²) < 4.78 is 35.7. The van der Waals surface area contributed by atoms with Gasteiger partial charge in [-0.15, -0.1) is 0 Å². The zero-order valence-corrected chi connectivity index (χ0v) is 19.4. The van der Waals surface area contributed by atoms with Crippen molar-refractivity contribution in [1.82, 2.24) is 0 Å². The molecule has 0 radical (unpaired) electrons. The molecule has 1 unspecified atom stereocenters. The van der Waals surface area contributed by atoms with Crippen LogP contribution in [0.15, 0.2) is 77.3 Å². The average Bonchev–Trinajstić information content (AvgIpc) is 2.81. The van der Waals surface area contributed by atoms with E-state index in [4.69, 9.17) is 15.2 Å². The largest absolute Gasteiger partial charge is 0.466 e. The molecule has 1 aliphatic rings. The Hall–Kier alpha value is -4.30. The van der Waals surface area contributed by atoms with Crippen molar-refractivity contribution in [2.24, 2.45) is 5.73 Å². The Morgan fingerprint density at radius 2 is 1.71 bits per heavy atom. The normalized spacial score (nSPS) is 16.1. The predicted octanol–water partition coefficient (Wildman–Crippen LogP) is 1.96. The lowest BCUT2D eigenvalue weighted by atomic mass is 9.81. The summed E-state index contributed by atoms with van der Waals surface area (Å²) in [6, 6.07) is 16.6. The quantitative estimate of drug-likeness (QED) is 0.588. The van der Waals surface area contributed by atoms with Crippen LogP contribution in [0.2, 0.25) is 0 Å². The third-order valence-corrected chi connectivity index (χ3v) is 5.62. The van der Waals surface area contributed by atoms with Crippen molar-refractivity contribution < 1.29 is 27.5 Å². The third-order valence-electron chi connectivity index (χ3n) is 5.02. The molecule has 0 fully saturated rings. The topological polar surface area (TPSA) is 152 Å². The number of benzene rings is 2. The Morgan fingerprint density at radius 1 is 1.06 bits per heavy atom. The summed E-state index contributed by atoms with van der Waals surface area (Å²) >= 11 is 0. The number of anilines is 2. The number of hydrogen-bond donors (Lipinski definition) is 2. The maximum Gasteiger partial charge on any atom is 0.355 e. The lowest BCUT2D eigenvalue weighted by Gasteiger charge is -2.36. The van der Waals surface area contributed by atoms with E-state index in [1.807, 2.05) is 6.07 Å². The summed E-state index contributed by atoms with van der Waals surface area (Å²) in [4.78, 5) is 27.2. The van der Waals surface area contributed by atoms with Crippen LogP contribution in [0.1, 0.15) is 11.5 Å². The molecular weight excluding hydrogens is 460 g/mol. The Bertz CT molecular complexity index is 1340. The van der Waals surface area contributed by atoms with E-state index in [0.29, 0.717) is 5.56 Å². The predicted molar refractivity (Wildman–Crippen MR) is 124 cm³/mol. The van der Waals surface area contributed by atoms with Crippen LogP contribution in [0.5, 0.6) is 0 Å². The van der Waals surface area contributed by atoms with E-state index in [2.05, 4.69) is 4.72 Å². The van der Waals surface area contributed by atoms with Crippen LogP contribution in [0, 0.1) is 11.3 Å². The first-order valence-corrected chi connectivity index (χ1v) is 11.8. The first-order chi connectivity index (χ1) is 16.1. The van der Waals surface area contributed by atoms with Crippen LogP contribution < -0.4 is 15.4 Å². The van der Waals surface area contributed by atoms with E-state index in [0.717, 1.165) is 20.5 Å². The van der Waals surface area contributed by atoms with Gasteiger partial charge in [0.15, 0.2) is 0 Å². The van der Waals surface area contributed by atoms with Gasteiger partial charge in [-0.1, -0.05) is 36.4 Å². The number of ether oxygens (including phenoxy) is 2. The van der Waals surface area contributed by atoms with Crippen LogP contribution >= 0.6 is 0 Å². The Kier molecular flexibility index (Phi) is 6.93. The van der Waals surface area contributed by atoms with Crippen LogP contribution in [0.3, 0.4) is 0 Å². The maximum absolute atomic E-state index is 13.0. The maximum atomic E-state index is 13.0. The van der Waals surface area contributed by atoms with Gasteiger partial charge in [-0.25, -0.2) is 18.0 Å². The second kappa shape index (κ2) is 9.68. The SMILES string of the molecule is COC(=O)C1=C(C(=O)OC)N(c2cccc(NS(C)(=O)=O)c2)C(N)=C(C#N)C1c1ccccc1. The number of hydrogen-bond acceptors (Lipinski definition) is 9. The van der Waals surface area contributed by atoms with Crippen molar-refractivity contribution >= 4 is 33.3 Å². The van der Waals surface area contributed by atoms with Crippen LogP contribution in [-0.4, -0.2) is 40.8 Å². The van der Waals surface area contributed by atoms with Gasteiger partial charge in [0.05, 0.1) is 49.3 Å². The average molecular weight is 483 g/mol. The number of nitrogens with one attached hydrogen (secondary N) is 1. The molecule has 1 atom stereocenters. The Balaban J connectivity index is 2.37. The molecule has 3 rings (SSSR count). The molecule has 0 bridgehead atoms. The minimum Gasteiger partial charge on any atom is -0.466 e. The molecule has 0 amide bonds. The standard InChI is InChI=1S/C23H22N4O6S/c1-32-22(28)19-18(14-8-5-4-6-9-14)17(13-24)21(25)27(20(19)23(29)33-2)16-11-7-10-15(12-16)26-34(3,30)31/h4-12,18,26H,25H2,1-3H3. The lowest BCUT2D eigenvalue weighted by Crippen LogP contribution is -2.40. The van der Waals surface area contributed by atoms with Crippen LogP contribution in [0.4, 0.5) is 11.4 Å². The zero-order valence-electron chi connectivity index (χ0n) is 18.6. The summed E-state index contributed by atoms with van der Waals surface area (Å²) in [5.41, 5.74) is 6.94. The molecule has 0 saturated carbocycles. The molecule has 176 valence electrons. The molecule has 3 N–H and O–H groups in total. The molecule has 34 heavy (non-hydrogen) atoms. The monoisotopic (exact) mass is 482 g/mol. The fourth-order valence-electron chi connectivity index (χ4n) is 3.70. The molecule has 0 spiro atoms. The van der Waals surface area contributed by atoms with Gasteiger partial charge in [0.2, 0.25) is 10.0 Å². The second-order valence-corrected chi connectivity index (χ2v) is 9.01. The summed E-state index contributed by atoms with van der Waals surface area (Å²) in [5, 5.41) is 10.0. The first kappa shape index (κ1) is 24.3. The van der Waals surface area contributed by atoms with Crippen molar-refractivity contribution in [3.05, 3.63) is 82.8 Å². The molecule has 0 saturated heterocycles. The molecule has 11 heteroatoms. The van der Waals surface area contributed by atoms with E-state index in [1.165, 1.54) is 29.2 Å². The van der Waals surface area contributed by atoms with Crippen molar-refractivity contribution in [1.29, 1.82) is 5.26 Å². The number of carbonyl (C=O) groups excluding carboxylic acids is 2. The van der Waals surface area contributed by atoms with Gasteiger partial charge in [0.25, 0.3) is 0 Å². The number of sulfonamides is 1. The highest BCUT2D eigenvalue weighted by Crippen LogP contribution is 2.43. The molecule has 0 aromatic heterocycles. The van der Waals surface area contributed by atoms with E-state index in [-0.39, 0.29) is 34.0 Å². The van der Waals surface area contributed by atoms with Gasteiger partial charge in [-0.3, -0.25) is 9.62 Å². The molecule has 2 aromatic carbocycles. The van der Waals surface area contributed by atoms with E-state index >= 15 is 0 Å². The lowest BCUT2D eigenvalue weighted by molar-refractivity contribution is -0.139. The van der Waals surface area contributed by atoms with Crippen molar-refractivity contribution in [2.75, 3.05) is 30.1 Å². The molecule has 0 aliphatic carbocycles. The molecule has 1 heterocycles. The summed E-state index contributed by atoms with van der Waals surface area (Å²) in [7, 11) is -1.31. The number of methoxy groups -OCH3 is 2. The number of rotatable bonds is 6. The number of carbonyl (C=O) groups is 2. The van der Waals surface area contributed by atoms with Crippen LogP contribution in [-0.2, 0) is 29.1 Å². The zero-order chi connectivity index (χ0) is 25.0.